The third-order valence-electron chi connectivity index (χ3n) is 3.15. The molecule has 19 heavy (non-hydrogen) atoms. The van der Waals surface area contributed by atoms with Crippen LogP contribution in [0.15, 0.2) is 28.8 Å². The highest BCUT2D eigenvalue weighted by molar-refractivity contribution is 5.96. The van der Waals surface area contributed by atoms with Crippen LogP contribution in [0.3, 0.4) is 0 Å². The van der Waals surface area contributed by atoms with Gasteiger partial charge in [0.15, 0.2) is 5.82 Å². The number of halogens is 1. The monoisotopic (exact) mass is 261 g/mol. The van der Waals surface area contributed by atoms with Gasteiger partial charge in [0, 0.05) is 31.5 Å². The van der Waals surface area contributed by atoms with Crippen molar-refractivity contribution in [3.05, 3.63) is 41.8 Å². The number of aromatic nitrogens is 2. The Morgan fingerprint density at radius 3 is 3.00 bits per heavy atom. The van der Waals surface area contributed by atoms with E-state index in [1.165, 1.54) is 12.1 Å². The number of carbonyl (C=O) groups is 1. The van der Waals surface area contributed by atoms with E-state index in [0.717, 1.165) is 0 Å². The molecule has 0 bridgehead atoms. The van der Waals surface area contributed by atoms with Crippen molar-refractivity contribution in [2.45, 2.75) is 19.3 Å². The second-order valence-corrected chi connectivity index (χ2v) is 4.56. The summed E-state index contributed by atoms with van der Waals surface area (Å²) in [5, 5.41) is 3.84. The number of nitrogens with zero attached hydrogens (tertiary/aromatic N) is 3. The third kappa shape index (κ3) is 2.21. The van der Waals surface area contributed by atoms with Gasteiger partial charge in [-0.05, 0) is 18.2 Å². The molecule has 1 amide bonds. The molecule has 5 nitrogen and oxygen atoms in total. The van der Waals surface area contributed by atoms with E-state index >= 15 is 0 Å². The van der Waals surface area contributed by atoms with E-state index in [1.54, 1.807) is 24.0 Å². The van der Waals surface area contributed by atoms with Crippen LogP contribution < -0.4 is 4.90 Å². The van der Waals surface area contributed by atoms with Gasteiger partial charge in [-0.1, -0.05) is 11.2 Å². The number of anilines is 1. The van der Waals surface area contributed by atoms with Crippen LogP contribution in [0.5, 0.6) is 0 Å². The number of hydrogen-bond acceptors (Lipinski definition) is 4. The molecule has 2 heterocycles. The van der Waals surface area contributed by atoms with Crippen molar-refractivity contribution in [1.29, 1.82) is 0 Å². The van der Waals surface area contributed by atoms with Gasteiger partial charge in [0.05, 0.1) is 0 Å². The maximum absolute atomic E-state index is 13.2. The largest absolute Gasteiger partial charge is 0.340 e. The molecule has 1 aromatic carbocycles. The minimum atomic E-state index is -0.357. The van der Waals surface area contributed by atoms with Crippen molar-refractivity contribution in [3.63, 3.8) is 0 Å². The SMILES string of the molecule is Cc1nc(C2CC(=O)N(c3cccc(F)c3)C2)no1. The highest BCUT2D eigenvalue weighted by Gasteiger charge is 2.34. The van der Waals surface area contributed by atoms with E-state index in [4.69, 9.17) is 4.52 Å². The molecule has 1 aliphatic rings. The Kier molecular flexibility index (Phi) is 2.77. The van der Waals surface area contributed by atoms with E-state index in [2.05, 4.69) is 10.1 Å². The van der Waals surface area contributed by atoms with Crippen molar-refractivity contribution >= 4 is 11.6 Å². The molecule has 1 aromatic heterocycles. The van der Waals surface area contributed by atoms with Gasteiger partial charge in [-0.25, -0.2) is 4.39 Å². The number of rotatable bonds is 2. The van der Waals surface area contributed by atoms with Crippen molar-refractivity contribution < 1.29 is 13.7 Å². The van der Waals surface area contributed by atoms with Crippen LogP contribution >= 0.6 is 0 Å². The van der Waals surface area contributed by atoms with Crippen LogP contribution in [0, 0.1) is 12.7 Å². The Morgan fingerprint density at radius 1 is 1.47 bits per heavy atom. The predicted octanol–water partition coefficient (Wildman–Crippen LogP) is 2.04. The molecule has 1 fully saturated rings. The number of carbonyl (C=O) groups excluding carboxylic acids is 1. The van der Waals surface area contributed by atoms with E-state index in [1.807, 2.05) is 0 Å². The number of amides is 1. The molecule has 1 unspecified atom stereocenters. The first-order valence-corrected chi connectivity index (χ1v) is 5.99. The molecular formula is C13H12FN3O2. The zero-order valence-electron chi connectivity index (χ0n) is 10.3. The summed E-state index contributed by atoms with van der Waals surface area (Å²) in [7, 11) is 0. The van der Waals surface area contributed by atoms with Crippen LogP contribution in [0.25, 0.3) is 0 Å². The molecule has 0 radical (unpaired) electrons. The first-order valence-electron chi connectivity index (χ1n) is 5.99. The van der Waals surface area contributed by atoms with Crippen molar-refractivity contribution in [2.75, 3.05) is 11.4 Å². The zero-order chi connectivity index (χ0) is 13.4. The van der Waals surface area contributed by atoms with Gasteiger partial charge < -0.3 is 9.42 Å². The third-order valence-corrected chi connectivity index (χ3v) is 3.15. The maximum Gasteiger partial charge on any atom is 0.227 e. The quantitative estimate of drug-likeness (QED) is 0.830. The minimum Gasteiger partial charge on any atom is -0.340 e. The smallest absolute Gasteiger partial charge is 0.227 e. The fourth-order valence-electron chi connectivity index (χ4n) is 2.25. The van der Waals surface area contributed by atoms with Gasteiger partial charge in [0.2, 0.25) is 11.8 Å². The number of aryl methyl sites for hydroxylation is 1. The molecule has 98 valence electrons. The summed E-state index contributed by atoms with van der Waals surface area (Å²) in [5.74, 6) is 0.492. The number of hydrogen-bond donors (Lipinski definition) is 0. The highest BCUT2D eigenvalue weighted by Crippen LogP contribution is 2.30. The Labute approximate surface area is 109 Å². The standard InChI is InChI=1S/C13H12FN3O2/c1-8-15-13(16-19-8)9-5-12(18)17(7-9)11-4-2-3-10(14)6-11/h2-4,6,9H,5,7H2,1H3. The Hall–Kier alpha value is -2.24. The maximum atomic E-state index is 13.2. The van der Waals surface area contributed by atoms with Gasteiger partial charge in [0.1, 0.15) is 5.82 Å². The van der Waals surface area contributed by atoms with Crippen LogP contribution in [0.1, 0.15) is 24.1 Å². The van der Waals surface area contributed by atoms with Gasteiger partial charge in [-0.3, -0.25) is 4.79 Å². The van der Waals surface area contributed by atoms with Crippen LogP contribution in [-0.4, -0.2) is 22.6 Å². The molecule has 0 spiro atoms. The summed E-state index contributed by atoms with van der Waals surface area (Å²) < 4.78 is 18.1. The van der Waals surface area contributed by atoms with Gasteiger partial charge >= 0.3 is 0 Å². The lowest BCUT2D eigenvalue weighted by Gasteiger charge is -2.15. The Morgan fingerprint density at radius 2 is 2.32 bits per heavy atom. The lowest BCUT2D eigenvalue weighted by atomic mass is 10.1. The van der Waals surface area contributed by atoms with Crippen LogP contribution in [0.4, 0.5) is 10.1 Å². The molecule has 2 aromatic rings. The molecule has 0 saturated carbocycles. The predicted molar refractivity (Wildman–Crippen MR) is 65.1 cm³/mol. The summed E-state index contributed by atoms with van der Waals surface area (Å²) in [6.07, 6.45) is 0.315. The van der Waals surface area contributed by atoms with Crippen molar-refractivity contribution in [2.24, 2.45) is 0 Å². The second kappa shape index (κ2) is 4.46. The average molecular weight is 261 g/mol. The second-order valence-electron chi connectivity index (χ2n) is 4.56. The summed E-state index contributed by atoms with van der Waals surface area (Å²) in [6, 6.07) is 6.00. The Bertz CT molecular complexity index is 626. The van der Waals surface area contributed by atoms with E-state index in [-0.39, 0.29) is 17.6 Å². The first-order chi connectivity index (χ1) is 9.13. The lowest BCUT2D eigenvalue weighted by Crippen LogP contribution is -2.24. The van der Waals surface area contributed by atoms with E-state index in [9.17, 15) is 9.18 Å². The topological polar surface area (TPSA) is 59.2 Å². The summed E-state index contributed by atoms with van der Waals surface area (Å²) >= 11 is 0. The molecule has 1 atom stereocenters. The summed E-state index contributed by atoms with van der Waals surface area (Å²) in [5.41, 5.74) is 0.563. The molecule has 1 aliphatic heterocycles. The number of benzene rings is 1. The lowest BCUT2D eigenvalue weighted by molar-refractivity contribution is -0.117. The van der Waals surface area contributed by atoms with Crippen LogP contribution in [0.2, 0.25) is 0 Å². The van der Waals surface area contributed by atoms with Crippen LogP contribution in [-0.2, 0) is 4.79 Å². The van der Waals surface area contributed by atoms with E-state index < -0.39 is 0 Å². The molecule has 3 rings (SSSR count). The van der Waals surface area contributed by atoms with Gasteiger partial charge in [-0.15, -0.1) is 0 Å². The normalized spacial score (nSPS) is 19.2. The summed E-state index contributed by atoms with van der Waals surface area (Å²) in [6.45, 7) is 2.15. The highest BCUT2D eigenvalue weighted by atomic mass is 19.1. The molecule has 1 saturated heterocycles. The average Bonchev–Trinajstić information content (AvgIpc) is 2.95. The summed E-state index contributed by atoms with van der Waals surface area (Å²) in [4.78, 5) is 17.7. The minimum absolute atomic E-state index is 0.0574. The fraction of sp³-hybridized carbons (Fsp3) is 0.308. The van der Waals surface area contributed by atoms with Crippen molar-refractivity contribution in [3.8, 4) is 0 Å². The molecular weight excluding hydrogens is 249 g/mol. The molecule has 6 heteroatoms. The molecule has 0 N–H and O–H groups in total. The molecule has 0 aliphatic carbocycles. The van der Waals surface area contributed by atoms with Gasteiger partial charge in [0.25, 0.3) is 0 Å². The zero-order valence-corrected chi connectivity index (χ0v) is 10.3. The Balaban J connectivity index is 1.84. The first kappa shape index (κ1) is 11.8. The fourth-order valence-corrected chi connectivity index (χ4v) is 2.25. The van der Waals surface area contributed by atoms with E-state index in [0.29, 0.717) is 30.4 Å². The van der Waals surface area contributed by atoms with Crippen molar-refractivity contribution in [1.82, 2.24) is 10.1 Å². The van der Waals surface area contributed by atoms with Gasteiger partial charge in [-0.2, -0.15) is 4.98 Å².